The number of methoxy groups -OCH3 is 1. The first-order chi connectivity index (χ1) is 10.2. The Morgan fingerprint density at radius 1 is 1.57 bits per heavy atom. The molecule has 112 valence electrons. The fourth-order valence-corrected chi connectivity index (χ4v) is 3.87. The standard InChI is InChI=1S/C15H16ClNO3S/c1-19-9-4-5-11-12(7-9)21-14(13(11)16)15(18)17-8-10-3-2-6-20-10/h4-5,7,10H,2-3,6,8H2,1H3,(H,17,18)/t10-/m1/s1. The molecule has 6 heteroatoms. The van der Waals surface area contributed by atoms with Crippen LogP contribution in [0.25, 0.3) is 10.1 Å². The van der Waals surface area contributed by atoms with Crippen LogP contribution in [0.3, 0.4) is 0 Å². The Morgan fingerprint density at radius 3 is 3.14 bits per heavy atom. The molecule has 0 bridgehead atoms. The molecule has 0 unspecified atom stereocenters. The van der Waals surface area contributed by atoms with E-state index in [-0.39, 0.29) is 12.0 Å². The van der Waals surface area contributed by atoms with Crippen molar-refractivity contribution in [3.05, 3.63) is 28.1 Å². The van der Waals surface area contributed by atoms with Crippen LogP contribution in [-0.4, -0.2) is 32.3 Å². The van der Waals surface area contributed by atoms with Gasteiger partial charge in [-0.15, -0.1) is 11.3 Å². The number of benzene rings is 1. The summed E-state index contributed by atoms with van der Waals surface area (Å²) in [6.07, 6.45) is 2.18. The largest absolute Gasteiger partial charge is 0.497 e. The number of halogens is 1. The molecular weight excluding hydrogens is 310 g/mol. The van der Waals surface area contributed by atoms with Crippen molar-refractivity contribution in [2.45, 2.75) is 18.9 Å². The average molecular weight is 326 g/mol. The van der Waals surface area contributed by atoms with Crippen molar-refractivity contribution in [3.63, 3.8) is 0 Å². The van der Waals surface area contributed by atoms with Crippen molar-refractivity contribution >= 4 is 38.9 Å². The highest BCUT2D eigenvalue weighted by Crippen LogP contribution is 2.37. The van der Waals surface area contributed by atoms with Gasteiger partial charge in [-0.2, -0.15) is 0 Å². The van der Waals surface area contributed by atoms with Gasteiger partial charge in [0.2, 0.25) is 0 Å². The first-order valence-corrected chi connectivity index (χ1v) is 8.04. The monoisotopic (exact) mass is 325 g/mol. The van der Waals surface area contributed by atoms with Gasteiger partial charge in [0.25, 0.3) is 5.91 Å². The van der Waals surface area contributed by atoms with Crippen LogP contribution < -0.4 is 10.1 Å². The van der Waals surface area contributed by atoms with Crippen LogP contribution in [-0.2, 0) is 4.74 Å². The van der Waals surface area contributed by atoms with Crippen molar-refractivity contribution < 1.29 is 14.3 Å². The molecule has 2 aromatic rings. The molecule has 1 N–H and O–H groups in total. The van der Waals surface area contributed by atoms with Gasteiger partial charge in [0, 0.05) is 23.2 Å². The molecule has 0 saturated carbocycles. The van der Waals surface area contributed by atoms with Crippen LogP contribution in [0.2, 0.25) is 5.02 Å². The van der Waals surface area contributed by atoms with Gasteiger partial charge in [0.1, 0.15) is 10.6 Å². The molecule has 1 amide bonds. The van der Waals surface area contributed by atoms with Crippen LogP contribution in [0.5, 0.6) is 5.75 Å². The highest BCUT2D eigenvalue weighted by molar-refractivity contribution is 7.21. The van der Waals surface area contributed by atoms with E-state index in [1.807, 2.05) is 18.2 Å². The van der Waals surface area contributed by atoms with Gasteiger partial charge in [-0.25, -0.2) is 0 Å². The fourth-order valence-electron chi connectivity index (χ4n) is 2.41. The van der Waals surface area contributed by atoms with Crippen molar-refractivity contribution in [2.75, 3.05) is 20.3 Å². The SMILES string of the molecule is COc1ccc2c(Cl)c(C(=O)NC[C@H]3CCCO3)sc2c1. The maximum atomic E-state index is 12.3. The Hall–Kier alpha value is -1.30. The lowest BCUT2D eigenvalue weighted by Crippen LogP contribution is -2.31. The molecule has 3 rings (SSSR count). The predicted octanol–water partition coefficient (Wildman–Crippen LogP) is 3.47. The lowest BCUT2D eigenvalue weighted by Gasteiger charge is -2.09. The molecule has 0 radical (unpaired) electrons. The quantitative estimate of drug-likeness (QED) is 0.936. The van der Waals surface area contributed by atoms with Crippen LogP contribution in [0.4, 0.5) is 0 Å². The smallest absolute Gasteiger partial charge is 0.263 e. The number of amides is 1. The number of ether oxygens (including phenoxy) is 2. The molecule has 1 saturated heterocycles. The number of thiophene rings is 1. The molecule has 2 heterocycles. The third kappa shape index (κ3) is 3.00. The normalized spacial score (nSPS) is 18.1. The maximum absolute atomic E-state index is 12.3. The topological polar surface area (TPSA) is 47.6 Å². The number of carbonyl (C=O) groups excluding carboxylic acids is 1. The van der Waals surface area contributed by atoms with E-state index in [0.717, 1.165) is 35.3 Å². The van der Waals surface area contributed by atoms with Gasteiger partial charge in [-0.3, -0.25) is 4.79 Å². The molecule has 0 spiro atoms. The van der Waals surface area contributed by atoms with Crippen molar-refractivity contribution in [3.8, 4) is 5.75 Å². The first kappa shape index (κ1) is 14.6. The highest BCUT2D eigenvalue weighted by Gasteiger charge is 2.20. The van der Waals surface area contributed by atoms with Crippen molar-refractivity contribution in [1.29, 1.82) is 0 Å². The molecule has 0 aliphatic carbocycles. The van der Waals surface area contributed by atoms with E-state index < -0.39 is 0 Å². The van der Waals surface area contributed by atoms with Gasteiger partial charge in [0.15, 0.2) is 0 Å². The fraction of sp³-hybridized carbons (Fsp3) is 0.400. The maximum Gasteiger partial charge on any atom is 0.263 e. The number of hydrogen-bond donors (Lipinski definition) is 1. The Labute approximate surface area is 132 Å². The number of nitrogens with one attached hydrogen (secondary N) is 1. The lowest BCUT2D eigenvalue weighted by atomic mass is 10.2. The van der Waals surface area contributed by atoms with E-state index in [4.69, 9.17) is 21.1 Å². The van der Waals surface area contributed by atoms with Crippen LogP contribution in [0, 0.1) is 0 Å². The van der Waals surface area contributed by atoms with Gasteiger partial charge in [0.05, 0.1) is 18.2 Å². The third-order valence-electron chi connectivity index (χ3n) is 3.56. The summed E-state index contributed by atoms with van der Waals surface area (Å²) in [7, 11) is 1.62. The summed E-state index contributed by atoms with van der Waals surface area (Å²) >= 11 is 7.70. The summed E-state index contributed by atoms with van der Waals surface area (Å²) < 4.78 is 11.6. The first-order valence-electron chi connectivity index (χ1n) is 6.85. The second kappa shape index (κ2) is 6.22. The summed E-state index contributed by atoms with van der Waals surface area (Å²) in [5.41, 5.74) is 0. The molecule has 1 aromatic heterocycles. The Bertz CT molecular complexity index is 664. The van der Waals surface area contributed by atoms with Gasteiger partial charge in [-0.05, 0) is 31.0 Å². The second-order valence-corrected chi connectivity index (χ2v) is 6.38. The Morgan fingerprint density at radius 2 is 2.43 bits per heavy atom. The van der Waals surface area contributed by atoms with E-state index in [2.05, 4.69) is 5.32 Å². The van der Waals surface area contributed by atoms with E-state index in [1.165, 1.54) is 11.3 Å². The summed E-state index contributed by atoms with van der Waals surface area (Å²) in [4.78, 5) is 12.8. The molecule has 21 heavy (non-hydrogen) atoms. The Kier molecular flexibility index (Phi) is 4.33. The zero-order chi connectivity index (χ0) is 14.8. The minimum atomic E-state index is -0.143. The minimum Gasteiger partial charge on any atom is -0.497 e. The summed E-state index contributed by atoms with van der Waals surface area (Å²) in [6, 6.07) is 5.61. The lowest BCUT2D eigenvalue weighted by molar-refractivity contribution is 0.0861. The predicted molar refractivity (Wildman–Crippen MR) is 84.7 cm³/mol. The number of carbonyl (C=O) groups is 1. The molecular formula is C15H16ClNO3S. The zero-order valence-electron chi connectivity index (χ0n) is 11.6. The van der Waals surface area contributed by atoms with Gasteiger partial charge >= 0.3 is 0 Å². The molecule has 1 atom stereocenters. The minimum absolute atomic E-state index is 0.127. The van der Waals surface area contributed by atoms with E-state index in [0.29, 0.717) is 16.4 Å². The van der Waals surface area contributed by atoms with E-state index in [9.17, 15) is 4.79 Å². The van der Waals surface area contributed by atoms with E-state index in [1.54, 1.807) is 7.11 Å². The van der Waals surface area contributed by atoms with E-state index >= 15 is 0 Å². The molecule has 1 aliphatic heterocycles. The third-order valence-corrected chi connectivity index (χ3v) is 5.21. The molecule has 1 aliphatic rings. The van der Waals surface area contributed by atoms with Crippen LogP contribution in [0.1, 0.15) is 22.5 Å². The number of rotatable bonds is 4. The highest BCUT2D eigenvalue weighted by atomic mass is 35.5. The number of hydrogen-bond acceptors (Lipinski definition) is 4. The van der Waals surface area contributed by atoms with Crippen LogP contribution in [0.15, 0.2) is 18.2 Å². The average Bonchev–Trinajstić information content (AvgIpc) is 3.12. The van der Waals surface area contributed by atoms with Gasteiger partial charge < -0.3 is 14.8 Å². The summed E-state index contributed by atoms with van der Waals surface area (Å²) in [5.74, 6) is 0.613. The molecule has 1 fully saturated rings. The Balaban J connectivity index is 1.78. The second-order valence-electron chi connectivity index (χ2n) is 4.95. The molecule has 4 nitrogen and oxygen atoms in total. The van der Waals surface area contributed by atoms with Crippen LogP contribution >= 0.6 is 22.9 Å². The van der Waals surface area contributed by atoms with Gasteiger partial charge in [-0.1, -0.05) is 11.6 Å². The zero-order valence-corrected chi connectivity index (χ0v) is 13.2. The number of fused-ring (bicyclic) bond motifs is 1. The van der Waals surface area contributed by atoms with Crippen molar-refractivity contribution in [2.24, 2.45) is 0 Å². The molecule has 1 aromatic carbocycles. The summed E-state index contributed by atoms with van der Waals surface area (Å²) in [6.45, 7) is 1.32. The van der Waals surface area contributed by atoms with Crippen molar-refractivity contribution in [1.82, 2.24) is 5.32 Å². The summed E-state index contributed by atoms with van der Waals surface area (Å²) in [5, 5.41) is 4.28.